The third-order valence-corrected chi connectivity index (χ3v) is 6.49. The molecule has 1 aliphatic heterocycles. The molecule has 1 aliphatic rings. The van der Waals surface area contributed by atoms with E-state index < -0.39 is 23.2 Å². The van der Waals surface area contributed by atoms with Crippen molar-refractivity contribution in [2.24, 2.45) is 0 Å². The van der Waals surface area contributed by atoms with Crippen LogP contribution in [0.3, 0.4) is 0 Å². The number of unbranched alkanes of at least 4 members (excludes halogenated alkanes) is 1. The highest BCUT2D eigenvalue weighted by Crippen LogP contribution is 2.35. The number of aryl methyl sites for hydroxylation is 2. The lowest BCUT2D eigenvalue weighted by atomic mass is 10.1. The number of nitrogens with zero attached hydrogens (tertiary/aromatic N) is 2. The summed E-state index contributed by atoms with van der Waals surface area (Å²) in [5, 5.41) is -0.460. The number of rotatable bonds is 8. The van der Waals surface area contributed by atoms with Crippen LogP contribution in [0.25, 0.3) is 11.8 Å². The van der Waals surface area contributed by atoms with Crippen molar-refractivity contribution < 1.29 is 19.1 Å². The van der Waals surface area contributed by atoms with Crippen LogP contribution in [-0.2, 0) is 20.7 Å². The first-order chi connectivity index (χ1) is 15.3. The molecule has 7 heteroatoms. The maximum absolute atomic E-state index is 12.9. The van der Waals surface area contributed by atoms with Gasteiger partial charge in [0, 0.05) is 17.1 Å². The van der Waals surface area contributed by atoms with E-state index in [1.807, 2.05) is 19.9 Å². The van der Waals surface area contributed by atoms with Crippen LogP contribution in [0.5, 0.6) is 0 Å². The van der Waals surface area contributed by atoms with Crippen molar-refractivity contribution in [3.05, 3.63) is 57.8 Å². The average molecular weight is 455 g/mol. The Hall–Kier alpha value is -2.80. The Morgan fingerprint density at radius 1 is 1.16 bits per heavy atom. The van der Waals surface area contributed by atoms with Crippen LogP contribution in [0.15, 0.2) is 35.2 Å². The van der Waals surface area contributed by atoms with Gasteiger partial charge in [-0.05, 0) is 87.7 Å². The number of amides is 2. The maximum Gasteiger partial charge on any atom is 0.329 e. The van der Waals surface area contributed by atoms with E-state index in [2.05, 4.69) is 35.8 Å². The molecule has 0 spiro atoms. The Labute approximate surface area is 193 Å². The van der Waals surface area contributed by atoms with Gasteiger partial charge < -0.3 is 9.30 Å². The first kappa shape index (κ1) is 23.9. The molecule has 1 fully saturated rings. The van der Waals surface area contributed by atoms with Gasteiger partial charge >= 0.3 is 5.97 Å². The van der Waals surface area contributed by atoms with Crippen LogP contribution < -0.4 is 0 Å². The number of carbonyl (C=O) groups excluding carboxylic acids is 3. The number of ether oxygens (including phenoxy) is 1. The summed E-state index contributed by atoms with van der Waals surface area (Å²) in [5.41, 5.74) is 5.27. The summed E-state index contributed by atoms with van der Waals surface area (Å²) in [6, 6.07) is 9.60. The first-order valence-electron chi connectivity index (χ1n) is 11.0. The van der Waals surface area contributed by atoms with E-state index in [9.17, 15) is 14.4 Å². The molecule has 1 aromatic carbocycles. The summed E-state index contributed by atoms with van der Waals surface area (Å²) in [6.45, 7) is 9.59. The third kappa shape index (κ3) is 4.83. The minimum Gasteiger partial charge on any atom is -0.464 e. The summed E-state index contributed by atoms with van der Waals surface area (Å²) in [7, 11) is 0. The Balaban J connectivity index is 1.86. The molecule has 170 valence electrons. The summed E-state index contributed by atoms with van der Waals surface area (Å²) in [6.07, 6.45) is 5.16. The number of esters is 1. The average Bonchev–Trinajstić information content (AvgIpc) is 3.20. The SMILES string of the molecule is CCCCc1ccc(-n2c(C)cc(/C=C3/SC(=O)N([C@@H](C)C(=O)OCC)C3=O)c2C)cc1. The summed E-state index contributed by atoms with van der Waals surface area (Å²) < 4.78 is 7.11. The second-order valence-electron chi connectivity index (χ2n) is 7.91. The van der Waals surface area contributed by atoms with Gasteiger partial charge in [0.05, 0.1) is 11.5 Å². The van der Waals surface area contributed by atoms with Gasteiger partial charge in [-0.2, -0.15) is 0 Å². The van der Waals surface area contributed by atoms with Gasteiger partial charge in [0.15, 0.2) is 0 Å². The molecule has 2 amide bonds. The Kier molecular flexibility index (Phi) is 7.61. The number of thioether (sulfide) groups is 1. The number of benzene rings is 1. The van der Waals surface area contributed by atoms with Gasteiger partial charge in [0.2, 0.25) is 0 Å². The van der Waals surface area contributed by atoms with Crippen molar-refractivity contribution >= 4 is 35.0 Å². The van der Waals surface area contributed by atoms with E-state index in [0.717, 1.165) is 45.7 Å². The topological polar surface area (TPSA) is 68.6 Å². The fourth-order valence-corrected chi connectivity index (χ4v) is 4.75. The molecule has 2 heterocycles. The van der Waals surface area contributed by atoms with Gasteiger partial charge in [-0.1, -0.05) is 25.5 Å². The molecule has 2 aromatic rings. The zero-order valence-electron chi connectivity index (χ0n) is 19.3. The van der Waals surface area contributed by atoms with Gasteiger partial charge in [-0.15, -0.1) is 0 Å². The van der Waals surface area contributed by atoms with Crippen molar-refractivity contribution in [1.29, 1.82) is 0 Å². The zero-order chi connectivity index (χ0) is 23.4. The quantitative estimate of drug-likeness (QED) is 0.393. The van der Waals surface area contributed by atoms with Gasteiger partial charge in [-0.25, -0.2) is 4.79 Å². The highest BCUT2D eigenvalue weighted by atomic mass is 32.2. The lowest BCUT2D eigenvalue weighted by Gasteiger charge is -2.19. The smallest absolute Gasteiger partial charge is 0.329 e. The molecule has 6 nitrogen and oxygen atoms in total. The molecule has 32 heavy (non-hydrogen) atoms. The van der Waals surface area contributed by atoms with Gasteiger partial charge in [0.1, 0.15) is 6.04 Å². The molecule has 3 rings (SSSR count). The molecule has 1 saturated heterocycles. The van der Waals surface area contributed by atoms with Gasteiger partial charge in [-0.3, -0.25) is 14.5 Å². The lowest BCUT2D eigenvalue weighted by Crippen LogP contribution is -2.42. The lowest BCUT2D eigenvalue weighted by molar-refractivity contribution is -0.150. The van der Waals surface area contributed by atoms with Crippen LogP contribution in [-0.4, -0.2) is 39.2 Å². The highest BCUT2D eigenvalue weighted by Gasteiger charge is 2.41. The van der Waals surface area contributed by atoms with E-state index in [-0.39, 0.29) is 6.61 Å². The van der Waals surface area contributed by atoms with Crippen LogP contribution in [0.4, 0.5) is 4.79 Å². The number of aromatic nitrogens is 1. The molecule has 0 unspecified atom stereocenters. The minimum atomic E-state index is -0.952. The summed E-state index contributed by atoms with van der Waals surface area (Å²) >= 11 is 0.851. The van der Waals surface area contributed by atoms with Crippen molar-refractivity contribution in [2.45, 2.75) is 59.9 Å². The van der Waals surface area contributed by atoms with Crippen LogP contribution in [0.1, 0.15) is 56.1 Å². The number of hydrogen-bond acceptors (Lipinski definition) is 5. The Bertz CT molecular complexity index is 1050. The monoisotopic (exact) mass is 454 g/mol. The van der Waals surface area contributed by atoms with E-state index in [0.29, 0.717) is 4.91 Å². The molecule has 0 N–H and O–H groups in total. The van der Waals surface area contributed by atoms with E-state index in [1.54, 1.807) is 13.0 Å². The summed E-state index contributed by atoms with van der Waals surface area (Å²) in [5.74, 6) is -1.05. The molecule has 1 aromatic heterocycles. The van der Waals surface area contributed by atoms with E-state index in [4.69, 9.17) is 4.74 Å². The molecular weight excluding hydrogens is 424 g/mol. The predicted molar refractivity (Wildman–Crippen MR) is 128 cm³/mol. The van der Waals surface area contributed by atoms with Gasteiger partial charge in [0.25, 0.3) is 11.1 Å². The molecule has 0 aliphatic carbocycles. The standard InChI is InChI=1S/C25H30N2O4S/c1-6-8-9-19-10-12-21(13-11-19)26-16(3)14-20(17(26)4)15-22-23(28)27(25(30)32-22)18(5)24(29)31-7-2/h10-15,18H,6-9H2,1-5H3/b22-15+/t18-/m0/s1. The van der Waals surface area contributed by atoms with E-state index in [1.165, 1.54) is 25.3 Å². The largest absolute Gasteiger partial charge is 0.464 e. The second-order valence-corrected chi connectivity index (χ2v) is 8.90. The van der Waals surface area contributed by atoms with Crippen molar-refractivity contribution in [2.75, 3.05) is 6.61 Å². The van der Waals surface area contributed by atoms with Crippen molar-refractivity contribution in [3.63, 3.8) is 0 Å². The first-order valence-corrected chi connectivity index (χ1v) is 11.8. The van der Waals surface area contributed by atoms with E-state index >= 15 is 0 Å². The zero-order valence-corrected chi connectivity index (χ0v) is 20.1. The fourth-order valence-electron chi connectivity index (χ4n) is 3.85. The number of imide groups is 1. The van der Waals surface area contributed by atoms with Crippen LogP contribution >= 0.6 is 11.8 Å². The third-order valence-electron chi connectivity index (χ3n) is 5.61. The summed E-state index contributed by atoms with van der Waals surface area (Å²) in [4.78, 5) is 38.6. The number of hydrogen-bond donors (Lipinski definition) is 0. The Morgan fingerprint density at radius 3 is 2.47 bits per heavy atom. The van der Waals surface area contributed by atoms with Crippen molar-refractivity contribution in [3.8, 4) is 5.69 Å². The molecule has 0 radical (unpaired) electrons. The molecule has 0 bridgehead atoms. The van der Waals surface area contributed by atoms with Crippen LogP contribution in [0, 0.1) is 13.8 Å². The molecule has 0 saturated carbocycles. The maximum atomic E-state index is 12.9. The second kappa shape index (κ2) is 10.2. The molecule has 1 atom stereocenters. The van der Waals surface area contributed by atoms with Crippen molar-refractivity contribution in [1.82, 2.24) is 9.47 Å². The Morgan fingerprint density at radius 2 is 1.84 bits per heavy atom. The minimum absolute atomic E-state index is 0.195. The van der Waals surface area contributed by atoms with Crippen LogP contribution in [0.2, 0.25) is 0 Å². The normalized spacial score (nSPS) is 16.2. The fraction of sp³-hybridized carbons (Fsp3) is 0.400. The predicted octanol–water partition coefficient (Wildman–Crippen LogP) is 5.42. The molecular formula is C25H30N2O4S. The number of carbonyl (C=O) groups is 3. The highest BCUT2D eigenvalue weighted by molar-refractivity contribution is 8.18.